The quantitative estimate of drug-likeness (QED) is 0.179. The van der Waals surface area contributed by atoms with Crippen LogP contribution >= 0.6 is 34.2 Å². The number of nitrogens with zero attached hydrogens (tertiary/aromatic N) is 8. The molecule has 0 aliphatic carbocycles. The monoisotopic (exact) mass is 734 g/mol. The van der Waals surface area contributed by atoms with Crippen LogP contribution in [0.1, 0.15) is 63.9 Å². The topological polar surface area (TPSA) is 111 Å². The van der Waals surface area contributed by atoms with E-state index in [0.717, 1.165) is 9.39 Å². The summed E-state index contributed by atoms with van der Waals surface area (Å²) in [6.07, 6.45) is 7.00. The van der Waals surface area contributed by atoms with Gasteiger partial charge in [-0.15, -0.1) is 4.80 Å². The van der Waals surface area contributed by atoms with E-state index in [4.69, 9.17) is 21.3 Å². The number of aromatic nitrogens is 6. The number of piperidine rings is 1. The van der Waals surface area contributed by atoms with Gasteiger partial charge < -0.3 is 19.1 Å². The van der Waals surface area contributed by atoms with Crippen LogP contribution < -0.4 is 4.90 Å². The minimum Gasteiger partial charge on any atom is -0.444 e. The predicted molar refractivity (Wildman–Crippen MR) is 172 cm³/mol. The third kappa shape index (κ3) is 5.75. The Morgan fingerprint density at radius 1 is 1.07 bits per heavy atom. The number of ketones is 1. The molecule has 1 amide bonds. The van der Waals surface area contributed by atoms with Gasteiger partial charge in [-0.05, 0) is 82.2 Å². The minimum absolute atomic E-state index is 0.000696. The normalized spacial score (nSPS) is 21.0. The van der Waals surface area contributed by atoms with Crippen LogP contribution in [0.2, 0.25) is 5.02 Å². The number of halogens is 3. The van der Waals surface area contributed by atoms with Crippen molar-refractivity contribution in [3.8, 4) is 5.82 Å². The van der Waals surface area contributed by atoms with Gasteiger partial charge in [0.2, 0.25) is 0 Å². The zero-order chi connectivity index (χ0) is 31.5. The van der Waals surface area contributed by atoms with Crippen LogP contribution in [0.25, 0.3) is 16.9 Å². The summed E-state index contributed by atoms with van der Waals surface area (Å²) in [7, 11) is 0. The number of carbonyl (C=O) groups excluding carboxylic acids is 2. The number of Topliss-reactive ketones (excluding diaryl/α,β-unsaturated/α-hetero) is 1. The maximum Gasteiger partial charge on any atom is 0.410 e. The van der Waals surface area contributed by atoms with E-state index < -0.39 is 5.60 Å². The Hall–Kier alpha value is -3.33. The van der Waals surface area contributed by atoms with Gasteiger partial charge in [-0.25, -0.2) is 19.2 Å². The summed E-state index contributed by atoms with van der Waals surface area (Å²) in [4.78, 5) is 41.3. The second-order valence-electron chi connectivity index (χ2n) is 12.6. The average molecular weight is 735 g/mol. The average Bonchev–Trinajstić information content (AvgIpc) is 3.55. The molecular weight excluding hydrogens is 702 g/mol. The number of fused-ring (bicyclic) bond motifs is 1. The first kappa shape index (κ1) is 30.7. The molecule has 0 radical (unpaired) electrons. The molecule has 0 unspecified atom stereocenters. The van der Waals surface area contributed by atoms with E-state index in [2.05, 4.69) is 56.5 Å². The summed E-state index contributed by atoms with van der Waals surface area (Å²) >= 11 is 8.79. The number of hydrogen-bond donors (Lipinski definition) is 0. The molecule has 2 atom stereocenters. The maximum absolute atomic E-state index is 14.3. The van der Waals surface area contributed by atoms with Gasteiger partial charge in [0.05, 0.1) is 33.2 Å². The first-order valence-corrected chi connectivity index (χ1v) is 16.0. The number of carbonyl (C=O) groups is 2. The van der Waals surface area contributed by atoms with E-state index in [0.29, 0.717) is 53.4 Å². The van der Waals surface area contributed by atoms with Crippen molar-refractivity contribution in [2.75, 3.05) is 18.0 Å². The van der Waals surface area contributed by atoms with Crippen LogP contribution in [-0.2, 0) is 4.74 Å². The summed E-state index contributed by atoms with van der Waals surface area (Å²) in [5, 5.41) is 9.34. The molecule has 6 heterocycles. The largest absolute Gasteiger partial charge is 0.444 e. The second-order valence-corrected chi connectivity index (χ2v) is 14.1. The van der Waals surface area contributed by atoms with Gasteiger partial charge in [-0.3, -0.25) is 4.79 Å². The van der Waals surface area contributed by atoms with E-state index in [1.54, 1.807) is 11.0 Å². The summed E-state index contributed by atoms with van der Waals surface area (Å²) in [6.45, 7) is 10.5. The Morgan fingerprint density at radius 3 is 2.34 bits per heavy atom. The first-order chi connectivity index (χ1) is 20.8. The molecule has 11 nitrogen and oxygen atoms in total. The molecule has 0 N–H and O–H groups in total. The van der Waals surface area contributed by atoms with E-state index in [9.17, 15) is 14.0 Å². The standard InChI is InChI=1S/C30H33ClFIN8O3/c1-16-8-18(9-17(2)40(16)28-24(33)10-19(32)12-34-28)25(42)22-15-39(20-13-38(14-20)29(43)44-30(3,4)5)26-21(22)11-23(31)27(37-26)41-35-6-7-36-41/h6-7,10-12,15-18,20H,8-9,13-14H2,1-5H3/t16-,17-/m1/s1. The third-order valence-electron chi connectivity index (χ3n) is 8.13. The van der Waals surface area contributed by atoms with Crippen LogP contribution in [0.15, 0.2) is 36.9 Å². The van der Waals surface area contributed by atoms with Gasteiger partial charge in [-0.1, -0.05) is 11.6 Å². The van der Waals surface area contributed by atoms with Crippen LogP contribution in [0.3, 0.4) is 0 Å². The highest BCUT2D eigenvalue weighted by atomic mass is 127. The van der Waals surface area contributed by atoms with Crippen molar-refractivity contribution in [2.45, 2.75) is 71.2 Å². The Kier molecular flexibility index (Phi) is 8.05. The number of amides is 1. The number of pyridine rings is 2. The Bertz CT molecular complexity index is 1720. The fourth-order valence-corrected chi connectivity index (χ4v) is 7.15. The highest BCUT2D eigenvalue weighted by Crippen LogP contribution is 2.38. The molecule has 2 aliphatic heterocycles. The lowest BCUT2D eigenvalue weighted by Gasteiger charge is -2.43. The number of anilines is 1. The van der Waals surface area contributed by atoms with E-state index in [1.165, 1.54) is 29.5 Å². The SMILES string of the molecule is C[C@@H]1CC(C(=O)c2cn(C3CN(C(=O)OC(C)(C)C)C3)c3nc(-n4nccn4)c(Cl)cc23)C[C@@H](C)N1c1ncc(F)cc1I. The molecule has 2 aliphatic rings. The molecule has 232 valence electrons. The molecular formula is C30H33ClFIN8O3. The van der Waals surface area contributed by atoms with Crippen molar-refractivity contribution in [3.63, 3.8) is 0 Å². The molecule has 14 heteroatoms. The van der Waals surface area contributed by atoms with Gasteiger partial charge in [0.1, 0.15) is 22.9 Å². The lowest BCUT2D eigenvalue weighted by molar-refractivity contribution is 0.00148. The summed E-state index contributed by atoms with van der Waals surface area (Å²) in [5.74, 6) is 0.464. The van der Waals surface area contributed by atoms with E-state index in [-0.39, 0.29) is 41.7 Å². The highest BCUT2D eigenvalue weighted by molar-refractivity contribution is 14.1. The summed E-state index contributed by atoms with van der Waals surface area (Å²) in [6, 6.07) is 3.12. The van der Waals surface area contributed by atoms with Gasteiger partial charge in [0.25, 0.3) is 0 Å². The molecule has 2 saturated heterocycles. The zero-order valence-electron chi connectivity index (χ0n) is 25.0. The number of ether oxygens (including phenoxy) is 1. The van der Waals surface area contributed by atoms with Crippen LogP contribution in [0, 0.1) is 15.3 Å². The fraction of sp³-hybridized carbons (Fsp3) is 0.467. The minimum atomic E-state index is -0.596. The molecule has 0 aromatic carbocycles. The van der Waals surface area contributed by atoms with Crippen molar-refractivity contribution in [3.05, 3.63) is 56.9 Å². The van der Waals surface area contributed by atoms with Crippen LogP contribution in [0.5, 0.6) is 0 Å². The Balaban J connectivity index is 1.32. The van der Waals surface area contributed by atoms with Gasteiger partial charge in [0, 0.05) is 48.2 Å². The van der Waals surface area contributed by atoms with Crippen molar-refractivity contribution < 1.29 is 18.7 Å². The second kappa shape index (κ2) is 11.5. The summed E-state index contributed by atoms with van der Waals surface area (Å²) < 4.78 is 22.0. The Morgan fingerprint density at radius 2 is 1.73 bits per heavy atom. The van der Waals surface area contributed by atoms with Crippen LogP contribution in [-0.4, -0.2) is 77.1 Å². The van der Waals surface area contributed by atoms with Gasteiger partial charge >= 0.3 is 6.09 Å². The predicted octanol–water partition coefficient (Wildman–Crippen LogP) is 6.08. The van der Waals surface area contributed by atoms with Crippen molar-refractivity contribution in [1.82, 2.24) is 34.4 Å². The molecule has 4 aromatic rings. The van der Waals surface area contributed by atoms with Crippen molar-refractivity contribution in [2.24, 2.45) is 5.92 Å². The third-order valence-corrected chi connectivity index (χ3v) is 9.20. The van der Waals surface area contributed by atoms with Crippen molar-refractivity contribution in [1.29, 1.82) is 0 Å². The Labute approximate surface area is 272 Å². The molecule has 0 spiro atoms. The van der Waals surface area contributed by atoms with Gasteiger partial charge in [-0.2, -0.15) is 10.2 Å². The number of rotatable bonds is 5. The fourth-order valence-electron chi connectivity index (χ4n) is 6.21. The highest BCUT2D eigenvalue weighted by Gasteiger charge is 2.39. The lowest BCUT2D eigenvalue weighted by Crippen LogP contribution is -2.52. The zero-order valence-corrected chi connectivity index (χ0v) is 28.0. The number of likely N-dealkylation sites (tertiary alicyclic amines) is 1. The van der Waals surface area contributed by atoms with E-state index in [1.807, 2.05) is 31.5 Å². The molecule has 2 fully saturated rings. The van der Waals surface area contributed by atoms with E-state index >= 15 is 0 Å². The molecule has 0 bridgehead atoms. The molecule has 4 aromatic heterocycles. The van der Waals surface area contributed by atoms with Crippen molar-refractivity contribution >= 4 is 62.9 Å². The smallest absolute Gasteiger partial charge is 0.410 e. The maximum atomic E-state index is 14.3. The molecule has 0 saturated carbocycles. The molecule has 44 heavy (non-hydrogen) atoms. The number of hydrogen-bond acceptors (Lipinski definition) is 8. The van der Waals surface area contributed by atoms with Gasteiger partial charge in [0.15, 0.2) is 11.6 Å². The van der Waals surface area contributed by atoms with Crippen LogP contribution in [0.4, 0.5) is 15.0 Å². The summed E-state index contributed by atoms with van der Waals surface area (Å²) in [5.41, 5.74) is 0.515. The first-order valence-electron chi connectivity index (χ1n) is 14.5. The molecule has 6 rings (SSSR count). The lowest BCUT2D eigenvalue weighted by atomic mass is 9.82.